The number of ether oxygens (including phenoxy) is 3. The number of carbonyl (C=O) groups excluding carboxylic acids is 2. The van der Waals surface area contributed by atoms with Gasteiger partial charge in [0, 0.05) is 25.6 Å². The number of carbonyl (C=O) groups is 2. The van der Waals surface area contributed by atoms with E-state index in [1.165, 1.54) is 11.3 Å². The predicted octanol–water partition coefficient (Wildman–Crippen LogP) is 3.55. The van der Waals surface area contributed by atoms with Crippen molar-refractivity contribution in [3.63, 3.8) is 0 Å². The molecule has 0 radical (unpaired) electrons. The third-order valence-corrected chi connectivity index (χ3v) is 6.48. The average Bonchev–Trinajstić information content (AvgIpc) is 3.48. The predicted molar refractivity (Wildman–Crippen MR) is 120 cm³/mol. The van der Waals surface area contributed by atoms with Gasteiger partial charge in [0.25, 0.3) is 5.91 Å². The number of methoxy groups -OCH3 is 3. The van der Waals surface area contributed by atoms with Crippen LogP contribution in [0.15, 0.2) is 29.6 Å². The van der Waals surface area contributed by atoms with Crippen LogP contribution in [0.5, 0.6) is 17.2 Å². The molecular formula is C23H30N2O5S. The monoisotopic (exact) mass is 446 g/mol. The number of likely N-dealkylation sites (tertiary alicyclic amines) is 1. The van der Waals surface area contributed by atoms with Crippen molar-refractivity contribution in [3.05, 3.63) is 40.1 Å². The number of hydrogen-bond acceptors (Lipinski definition) is 6. The summed E-state index contributed by atoms with van der Waals surface area (Å²) in [5.74, 6) is 0.949. The molecule has 2 aromatic rings. The van der Waals surface area contributed by atoms with Gasteiger partial charge in [0.1, 0.15) is 0 Å². The lowest BCUT2D eigenvalue weighted by molar-refractivity contribution is -0.124. The molecule has 8 heteroatoms. The van der Waals surface area contributed by atoms with Crippen molar-refractivity contribution in [2.45, 2.75) is 25.7 Å². The smallest absolute Gasteiger partial charge is 0.263 e. The van der Waals surface area contributed by atoms with Gasteiger partial charge in [-0.1, -0.05) is 19.4 Å². The van der Waals surface area contributed by atoms with Gasteiger partial charge in [-0.3, -0.25) is 9.59 Å². The van der Waals surface area contributed by atoms with Gasteiger partial charge in [0.2, 0.25) is 11.7 Å². The number of hydrogen-bond donors (Lipinski definition) is 1. The fraction of sp³-hybridized carbons (Fsp3) is 0.478. The Morgan fingerprint density at radius 2 is 1.84 bits per heavy atom. The quantitative estimate of drug-likeness (QED) is 0.596. The minimum absolute atomic E-state index is 0.0336. The molecule has 2 amide bonds. The molecular weight excluding hydrogens is 416 g/mol. The number of amides is 2. The Bertz CT molecular complexity index is 874. The van der Waals surface area contributed by atoms with E-state index in [9.17, 15) is 9.59 Å². The highest BCUT2D eigenvalue weighted by Gasteiger charge is 2.41. The topological polar surface area (TPSA) is 77.1 Å². The highest BCUT2D eigenvalue weighted by Crippen LogP contribution is 2.43. The van der Waals surface area contributed by atoms with Crippen LogP contribution in [0.25, 0.3) is 0 Å². The minimum atomic E-state index is -0.358. The molecule has 3 rings (SSSR count). The fourth-order valence-electron chi connectivity index (χ4n) is 3.96. The molecule has 0 spiro atoms. The van der Waals surface area contributed by atoms with Gasteiger partial charge in [-0.05, 0) is 35.6 Å². The lowest BCUT2D eigenvalue weighted by atomic mass is 9.88. The maximum absolute atomic E-state index is 13.1. The molecule has 7 nitrogen and oxygen atoms in total. The van der Waals surface area contributed by atoms with Gasteiger partial charge < -0.3 is 24.4 Å². The molecule has 2 atom stereocenters. The van der Waals surface area contributed by atoms with Crippen molar-refractivity contribution >= 4 is 23.2 Å². The first-order valence-electron chi connectivity index (χ1n) is 10.4. The molecule has 1 saturated heterocycles. The van der Waals surface area contributed by atoms with Gasteiger partial charge in [0.05, 0.1) is 32.1 Å². The molecule has 168 valence electrons. The van der Waals surface area contributed by atoms with Gasteiger partial charge in [-0.2, -0.15) is 0 Å². The van der Waals surface area contributed by atoms with E-state index in [-0.39, 0.29) is 23.7 Å². The molecule has 31 heavy (non-hydrogen) atoms. The molecule has 2 heterocycles. The van der Waals surface area contributed by atoms with Crippen LogP contribution < -0.4 is 19.5 Å². The molecule has 1 fully saturated rings. The Balaban J connectivity index is 1.94. The molecule has 1 aliphatic rings. The summed E-state index contributed by atoms with van der Waals surface area (Å²) in [7, 11) is 4.69. The van der Waals surface area contributed by atoms with Gasteiger partial charge in [-0.15, -0.1) is 11.3 Å². The van der Waals surface area contributed by atoms with Crippen LogP contribution in [0.4, 0.5) is 0 Å². The summed E-state index contributed by atoms with van der Waals surface area (Å²) < 4.78 is 16.4. The van der Waals surface area contributed by atoms with E-state index in [4.69, 9.17) is 14.2 Å². The number of benzene rings is 1. The van der Waals surface area contributed by atoms with E-state index in [2.05, 4.69) is 12.2 Å². The second kappa shape index (κ2) is 10.5. The third kappa shape index (κ3) is 4.95. The van der Waals surface area contributed by atoms with Crippen LogP contribution in [-0.4, -0.2) is 57.7 Å². The average molecular weight is 447 g/mol. The number of nitrogens with zero attached hydrogens (tertiary/aromatic N) is 1. The van der Waals surface area contributed by atoms with E-state index in [1.54, 1.807) is 26.2 Å². The number of rotatable bonds is 9. The molecule has 1 aliphatic heterocycles. The number of nitrogens with one attached hydrogen (secondary N) is 1. The number of unbranched alkanes of at least 4 members (excludes halogenated alkanes) is 1. The normalized spacial score (nSPS) is 18.0. The zero-order valence-corrected chi connectivity index (χ0v) is 19.3. The summed E-state index contributed by atoms with van der Waals surface area (Å²) in [6.07, 6.45) is 1.93. The van der Waals surface area contributed by atoms with Crippen molar-refractivity contribution in [2.24, 2.45) is 5.92 Å². The zero-order valence-electron chi connectivity index (χ0n) is 18.5. The first kappa shape index (κ1) is 22.9. The SMILES string of the molecule is CCCCNC(=O)C1CN(C(=O)c2cccs2)CC1c1cc(OC)c(OC)c(OC)c1. The summed E-state index contributed by atoms with van der Waals surface area (Å²) in [6.45, 7) is 3.53. The summed E-state index contributed by atoms with van der Waals surface area (Å²) in [4.78, 5) is 28.5. The Hall–Kier alpha value is -2.74. The van der Waals surface area contributed by atoms with Crippen LogP contribution in [0.3, 0.4) is 0 Å². The Morgan fingerprint density at radius 1 is 1.13 bits per heavy atom. The summed E-state index contributed by atoms with van der Waals surface area (Å²) in [6, 6.07) is 7.42. The molecule has 0 bridgehead atoms. The Kier molecular flexibility index (Phi) is 7.79. The largest absolute Gasteiger partial charge is 0.493 e. The first-order chi connectivity index (χ1) is 15.0. The van der Waals surface area contributed by atoms with Gasteiger partial charge in [0.15, 0.2) is 11.5 Å². The van der Waals surface area contributed by atoms with E-state index < -0.39 is 0 Å². The van der Waals surface area contributed by atoms with Crippen molar-refractivity contribution in [2.75, 3.05) is 41.0 Å². The zero-order chi connectivity index (χ0) is 22.4. The van der Waals surface area contributed by atoms with Gasteiger partial charge in [-0.25, -0.2) is 0 Å². The highest BCUT2D eigenvalue weighted by atomic mass is 32.1. The summed E-state index contributed by atoms with van der Waals surface area (Å²) >= 11 is 1.41. The van der Waals surface area contributed by atoms with Crippen molar-refractivity contribution < 1.29 is 23.8 Å². The maximum atomic E-state index is 13.1. The van der Waals surface area contributed by atoms with Crippen molar-refractivity contribution in [1.29, 1.82) is 0 Å². The van der Waals surface area contributed by atoms with Crippen LogP contribution in [-0.2, 0) is 4.79 Å². The van der Waals surface area contributed by atoms with E-state index >= 15 is 0 Å². The van der Waals surface area contributed by atoms with Gasteiger partial charge >= 0.3 is 0 Å². The summed E-state index contributed by atoms with van der Waals surface area (Å²) in [5, 5.41) is 4.92. The number of thiophene rings is 1. The van der Waals surface area contributed by atoms with Crippen LogP contribution in [0.2, 0.25) is 0 Å². The standard InChI is InChI=1S/C23H30N2O5S/c1-5-6-9-24-22(26)17-14-25(23(27)20-8-7-10-31-20)13-16(17)15-11-18(28-2)21(30-4)19(12-15)29-3/h7-8,10-12,16-17H,5-6,9,13-14H2,1-4H3,(H,24,26). The highest BCUT2D eigenvalue weighted by molar-refractivity contribution is 7.12. The molecule has 0 aliphatic carbocycles. The first-order valence-corrected chi connectivity index (χ1v) is 11.3. The Labute approximate surface area is 187 Å². The molecule has 1 aromatic carbocycles. The van der Waals surface area contributed by atoms with Crippen LogP contribution in [0, 0.1) is 5.92 Å². The van der Waals surface area contributed by atoms with Crippen LogP contribution >= 0.6 is 11.3 Å². The lowest BCUT2D eigenvalue weighted by Crippen LogP contribution is -2.36. The van der Waals surface area contributed by atoms with E-state index in [0.29, 0.717) is 41.8 Å². The maximum Gasteiger partial charge on any atom is 0.263 e. The molecule has 1 aromatic heterocycles. The van der Waals surface area contributed by atoms with Crippen LogP contribution in [0.1, 0.15) is 40.9 Å². The van der Waals surface area contributed by atoms with E-state index in [1.807, 2.05) is 29.6 Å². The third-order valence-electron chi connectivity index (χ3n) is 5.62. The second-order valence-corrected chi connectivity index (χ2v) is 8.45. The second-order valence-electron chi connectivity index (χ2n) is 7.50. The van der Waals surface area contributed by atoms with Crippen molar-refractivity contribution in [1.82, 2.24) is 10.2 Å². The fourth-order valence-corrected chi connectivity index (χ4v) is 4.65. The summed E-state index contributed by atoms with van der Waals surface area (Å²) in [5.41, 5.74) is 0.881. The van der Waals surface area contributed by atoms with Crippen molar-refractivity contribution in [3.8, 4) is 17.2 Å². The lowest BCUT2D eigenvalue weighted by Gasteiger charge is -2.21. The Morgan fingerprint density at radius 3 is 2.39 bits per heavy atom. The molecule has 0 saturated carbocycles. The minimum Gasteiger partial charge on any atom is -0.493 e. The molecule has 1 N–H and O–H groups in total. The van der Waals surface area contributed by atoms with E-state index in [0.717, 1.165) is 18.4 Å². The molecule has 2 unspecified atom stereocenters.